The van der Waals surface area contributed by atoms with Crippen LogP contribution in [0.1, 0.15) is 40.5 Å². The van der Waals surface area contributed by atoms with E-state index in [0.29, 0.717) is 0 Å². The summed E-state index contributed by atoms with van der Waals surface area (Å²) >= 11 is 0. The normalized spacial score (nSPS) is 9.50. The Hall–Kier alpha value is -2.12. The van der Waals surface area contributed by atoms with E-state index >= 15 is 0 Å². The highest BCUT2D eigenvalue weighted by Gasteiger charge is 2.10. The molecule has 116 valence electrons. The van der Waals surface area contributed by atoms with Gasteiger partial charge in [-0.1, -0.05) is 6.92 Å². The number of esters is 2. The van der Waals surface area contributed by atoms with Crippen molar-refractivity contribution in [2.75, 3.05) is 0 Å². The van der Waals surface area contributed by atoms with Crippen LogP contribution >= 0.6 is 0 Å². The first kappa shape index (κ1) is 20.2. The van der Waals surface area contributed by atoms with Gasteiger partial charge in [-0.2, -0.15) is 0 Å². The molecule has 0 unspecified atom stereocenters. The zero-order chi connectivity index (χ0) is 16.3. The van der Waals surface area contributed by atoms with E-state index in [0.717, 1.165) is 0 Å². The molecule has 0 aliphatic carbocycles. The molecule has 0 spiro atoms. The van der Waals surface area contributed by atoms with Crippen molar-refractivity contribution in [1.82, 2.24) is 0 Å². The number of rotatable bonds is 6. The van der Waals surface area contributed by atoms with Gasteiger partial charge < -0.3 is 19.7 Å². The second kappa shape index (κ2) is 10.8. The first-order valence-corrected chi connectivity index (χ1v) is 5.82. The van der Waals surface area contributed by atoms with Crippen molar-refractivity contribution in [3.05, 3.63) is 0 Å². The first-order chi connectivity index (χ1) is 9.04. The Labute approximate surface area is 116 Å². The zero-order valence-electron chi connectivity index (χ0n) is 11.9. The highest BCUT2D eigenvalue weighted by Crippen LogP contribution is 2.06. The Balaban J connectivity index is 0. The number of carbonyl (C=O) groups excluding carboxylic acids is 2. The lowest BCUT2D eigenvalue weighted by Gasteiger charge is -2.10. The summed E-state index contributed by atoms with van der Waals surface area (Å²) in [5.74, 6) is -3.11. The summed E-state index contributed by atoms with van der Waals surface area (Å²) in [5, 5.41) is 16.4. The summed E-state index contributed by atoms with van der Waals surface area (Å²) in [6.07, 6.45) is -0.937. The monoisotopic (exact) mass is 292 g/mol. The topological polar surface area (TPSA) is 127 Å². The Morgan fingerprint density at radius 3 is 1.35 bits per heavy atom. The van der Waals surface area contributed by atoms with Crippen LogP contribution in [0.15, 0.2) is 0 Å². The number of carbonyl (C=O) groups is 4. The van der Waals surface area contributed by atoms with Crippen molar-refractivity contribution in [2.45, 2.75) is 46.8 Å². The number of carboxylic acid groups (broad SMARTS) is 2. The van der Waals surface area contributed by atoms with Gasteiger partial charge in [-0.25, -0.2) is 0 Å². The van der Waals surface area contributed by atoms with E-state index in [-0.39, 0.29) is 18.8 Å². The number of aliphatic carboxylic acids is 2. The summed E-state index contributed by atoms with van der Waals surface area (Å²) in [6, 6.07) is 0. The van der Waals surface area contributed by atoms with Crippen LogP contribution < -0.4 is 0 Å². The molecular formula is C12H20O8. The molecule has 0 bridgehead atoms. The highest BCUT2D eigenvalue weighted by atomic mass is 16.7. The third-order valence-corrected chi connectivity index (χ3v) is 1.71. The van der Waals surface area contributed by atoms with Crippen molar-refractivity contribution >= 4 is 23.9 Å². The molecule has 8 heteroatoms. The molecule has 0 heterocycles. The molecule has 0 aromatic rings. The Kier molecular flexibility index (Phi) is 10.9. The molecule has 20 heavy (non-hydrogen) atoms. The van der Waals surface area contributed by atoms with E-state index in [1.807, 2.05) is 0 Å². The maximum absolute atomic E-state index is 10.2. The molecule has 0 aliphatic rings. The molecule has 0 saturated carbocycles. The van der Waals surface area contributed by atoms with Crippen LogP contribution in [0.2, 0.25) is 0 Å². The number of carboxylic acids is 2. The molecule has 0 amide bonds. The standard InChI is InChI=1S/2C6H10O4/c1-4(7)9-6(3)10-5(2)8;1-4(2-5(7)8)3-6(9)10/h6H,1-3H3;4H,2-3H2,1H3,(H,7,8)(H,9,10). The van der Waals surface area contributed by atoms with E-state index in [9.17, 15) is 19.2 Å². The fraction of sp³-hybridized carbons (Fsp3) is 0.667. The van der Waals surface area contributed by atoms with Crippen LogP contribution in [-0.4, -0.2) is 40.4 Å². The predicted molar refractivity (Wildman–Crippen MR) is 66.7 cm³/mol. The van der Waals surface area contributed by atoms with Gasteiger partial charge in [-0.3, -0.25) is 19.2 Å². The largest absolute Gasteiger partial charge is 0.481 e. The van der Waals surface area contributed by atoms with Gasteiger partial charge in [0, 0.05) is 33.6 Å². The second-order valence-corrected chi connectivity index (χ2v) is 4.09. The van der Waals surface area contributed by atoms with Crippen molar-refractivity contribution in [3.63, 3.8) is 0 Å². The second-order valence-electron chi connectivity index (χ2n) is 4.09. The highest BCUT2D eigenvalue weighted by molar-refractivity contribution is 5.70. The van der Waals surface area contributed by atoms with Gasteiger partial charge in [0.2, 0.25) is 6.29 Å². The van der Waals surface area contributed by atoms with Crippen LogP contribution in [0.4, 0.5) is 0 Å². The van der Waals surface area contributed by atoms with Gasteiger partial charge in [-0.15, -0.1) is 0 Å². The van der Waals surface area contributed by atoms with Crippen molar-refractivity contribution < 1.29 is 38.9 Å². The molecule has 8 nitrogen and oxygen atoms in total. The zero-order valence-corrected chi connectivity index (χ0v) is 11.9. The summed E-state index contributed by atoms with van der Waals surface area (Å²) in [6.45, 7) is 5.57. The molecule has 0 rings (SSSR count). The third kappa shape index (κ3) is 18.3. The van der Waals surface area contributed by atoms with E-state index in [1.54, 1.807) is 6.92 Å². The number of ether oxygens (including phenoxy) is 2. The fourth-order valence-electron chi connectivity index (χ4n) is 1.16. The lowest BCUT2D eigenvalue weighted by atomic mass is 10.1. The lowest BCUT2D eigenvalue weighted by molar-refractivity contribution is -0.181. The molecule has 0 aliphatic heterocycles. The third-order valence-electron chi connectivity index (χ3n) is 1.71. The molecule has 0 saturated heterocycles. The minimum Gasteiger partial charge on any atom is -0.481 e. The Morgan fingerprint density at radius 2 is 1.15 bits per heavy atom. The SMILES string of the molecule is CC(=O)OC(C)OC(C)=O.CC(CC(=O)O)CC(=O)O. The van der Waals surface area contributed by atoms with Crippen LogP contribution in [0.5, 0.6) is 0 Å². The maximum Gasteiger partial charge on any atom is 0.305 e. The minimum atomic E-state index is -0.950. The molecule has 0 fully saturated rings. The number of hydrogen-bond acceptors (Lipinski definition) is 6. The molecule has 0 atom stereocenters. The lowest BCUT2D eigenvalue weighted by Crippen LogP contribution is -2.18. The van der Waals surface area contributed by atoms with Gasteiger partial charge in [0.15, 0.2) is 0 Å². The van der Waals surface area contributed by atoms with Crippen molar-refractivity contribution in [1.29, 1.82) is 0 Å². The molecule has 0 radical (unpaired) electrons. The van der Waals surface area contributed by atoms with Gasteiger partial charge in [-0.05, 0) is 5.92 Å². The minimum absolute atomic E-state index is 0.0771. The quantitative estimate of drug-likeness (QED) is 0.549. The summed E-state index contributed by atoms with van der Waals surface area (Å²) < 4.78 is 8.96. The summed E-state index contributed by atoms with van der Waals surface area (Å²) in [7, 11) is 0. The smallest absolute Gasteiger partial charge is 0.305 e. The van der Waals surface area contributed by atoms with E-state index in [1.165, 1.54) is 20.8 Å². The number of hydrogen-bond donors (Lipinski definition) is 2. The average molecular weight is 292 g/mol. The van der Waals surface area contributed by atoms with Gasteiger partial charge in [0.1, 0.15) is 0 Å². The Morgan fingerprint density at radius 1 is 0.850 bits per heavy atom. The summed E-state index contributed by atoms with van der Waals surface area (Å²) in [5.41, 5.74) is 0. The Bertz CT molecular complexity index is 283. The average Bonchev–Trinajstić information content (AvgIpc) is 2.11. The van der Waals surface area contributed by atoms with Crippen LogP contribution in [-0.2, 0) is 28.7 Å². The van der Waals surface area contributed by atoms with Crippen molar-refractivity contribution in [2.24, 2.45) is 5.92 Å². The maximum atomic E-state index is 10.2. The van der Waals surface area contributed by atoms with E-state index in [4.69, 9.17) is 10.2 Å². The fourth-order valence-corrected chi connectivity index (χ4v) is 1.16. The van der Waals surface area contributed by atoms with Crippen LogP contribution in [0.25, 0.3) is 0 Å². The molecule has 0 aromatic heterocycles. The van der Waals surface area contributed by atoms with Gasteiger partial charge in [0.05, 0.1) is 0 Å². The van der Waals surface area contributed by atoms with Crippen LogP contribution in [0, 0.1) is 5.92 Å². The first-order valence-electron chi connectivity index (χ1n) is 5.82. The predicted octanol–water partition coefficient (Wildman–Crippen LogP) is 1.03. The molecular weight excluding hydrogens is 272 g/mol. The molecule has 0 aromatic carbocycles. The van der Waals surface area contributed by atoms with Gasteiger partial charge >= 0.3 is 23.9 Å². The van der Waals surface area contributed by atoms with E-state index in [2.05, 4.69) is 9.47 Å². The summed E-state index contributed by atoms with van der Waals surface area (Å²) in [4.78, 5) is 40.4. The van der Waals surface area contributed by atoms with Gasteiger partial charge in [0.25, 0.3) is 0 Å². The van der Waals surface area contributed by atoms with Crippen LogP contribution in [0.3, 0.4) is 0 Å². The molecule has 2 N–H and O–H groups in total. The van der Waals surface area contributed by atoms with Crippen molar-refractivity contribution in [3.8, 4) is 0 Å². The van der Waals surface area contributed by atoms with E-state index < -0.39 is 30.2 Å².